The molecule has 0 bridgehead atoms. The van der Waals surface area contributed by atoms with Crippen molar-refractivity contribution < 1.29 is 9.18 Å². The summed E-state index contributed by atoms with van der Waals surface area (Å²) in [6.07, 6.45) is 2.27. The van der Waals surface area contributed by atoms with E-state index in [0.29, 0.717) is 24.6 Å². The third-order valence-corrected chi connectivity index (χ3v) is 3.72. The highest BCUT2D eigenvalue weighted by Gasteiger charge is 2.27. The topological polar surface area (TPSA) is 33.2 Å². The van der Waals surface area contributed by atoms with Gasteiger partial charge >= 0.3 is 0 Å². The van der Waals surface area contributed by atoms with Crippen LogP contribution in [0.15, 0.2) is 48.7 Å². The van der Waals surface area contributed by atoms with E-state index >= 15 is 0 Å². The average Bonchev–Trinajstić information content (AvgIpc) is 2.97. The molecule has 0 radical (unpaired) electrons. The van der Waals surface area contributed by atoms with Crippen molar-refractivity contribution in [3.05, 3.63) is 65.7 Å². The number of likely N-dealkylation sites (tertiary alicyclic amines) is 1. The fourth-order valence-corrected chi connectivity index (χ4v) is 2.66. The molecule has 3 nitrogen and oxygen atoms in total. The molecule has 0 aliphatic carbocycles. The van der Waals surface area contributed by atoms with Gasteiger partial charge in [-0.15, -0.1) is 0 Å². The van der Waals surface area contributed by atoms with Crippen molar-refractivity contribution in [2.45, 2.75) is 12.3 Å². The van der Waals surface area contributed by atoms with E-state index < -0.39 is 5.95 Å². The molecule has 20 heavy (non-hydrogen) atoms. The molecule has 2 aromatic rings. The summed E-state index contributed by atoms with van der Waals surface area (Å²) in [5.74, 6) is -0.369. The molecule has 4 heteroatoms. The van der Waals surface area contributed by atoms with Crippen LogP contribution in [0.4, 0.5) is 4.39 Å². The molecule has 1 saturated heterocycles. The van der Waals surface area contributed by atoms with E-state index in [1.165, 1.54) is 17.8 Å². The minimum atomic E-state index is -0.616. The SMILES string of the molecule is O=C(c1ccnc(F)c1)N1CCC(c2ccccc2)C1. The molecule has 0 spiro atoms. The lowest BCUT2D eigenvalue weighted by Gasteiger charge is -2.16. The molecule has 0 N–H and O–H groups in total. The molecule has 0 saturated carbocycles. The van der Waals surface area contributed by atoms with Gasteiger partial charge in [-0.25, -0.2) is 4.98 Å². The van der Waals surface area contributed by atoms with Crippen LogP contribution >= 0.6 is 0 Å². The number of pyridine rings is 1. The number of halogens is 1. The van der Waals surface area contributed by atoms with Gasteiger partial charge < -0.3 is 4.90 Å². The number of hydrogen-bond acceptors (Lipinski definition) is 2. The number of amides is 1. The molecule has 1 aromatic carbocycles. The zero-order valence-electron chi connectivity index (χ0n) is 11.0. The monoisotopic (exact) mass is 270 g/mol. The summed E-state index contributed by atoms with van der Waals surface area (Å²) in [6, 6.07) is 12.9. The fourth-order valence-electron chi connectivity index (χ4n) is 2.66. The second kappa shape index (κ2) is 5.41. The van der Waals surface area contributed by atoms with Gasteiger partial charge in [0.05, 0.1) is 0 Å². The zero-order chi connectivity index (χ0) is 13.9. The molecular formula is C16H15FN2O. The molecule has 1 aromatic heterocycles. The van der Waals surface area contributed by atoms with E-state index in [-0.39, 0.29) is 5.91 Å². The van der Waals surface area contributed by atoms with Crippen LogP contribution in [0.5, 0.6) is 0 Å². The van der Waals surface area contributed by atoms with Gasteiger partial charge in [0.25, 0.3) is 5.91 Å². The Bertz CT molecular complexity index is 615. The third-order valence-electron chi connectivity index (χ3n) is 3.72. The first-order valence-corrected chi connectivity index (χ1v) is 6.70. The van der Waals surface area contributed by atoms with Crippen molar-refractivity contribution in [1.29, 1.82) is 0 Å². The summed E-state index contributed by atoms with van der Waals surface area (Å²) >= 11 is 0. The second-order valence-electron chi connectivity index (χ2n) is 5.01. The Kier molecular flexibility index (Phi) is 3.46. The maximum absolute atomic E-state index is 13.1. The summed E-state index contributed by atoms with van der Waals surface area (Å²) in [4.78, 5) is 17.6. The predicted octanol–water partition coefficient (Wildman–Crippen LogP) is 2.85. The lowest BCUT2D eigenvalue weighted by atomic mass is 9.99. The Labute approximate surface area is 117 Å². The van der Waals surface area contributed by atoms with E-state index in [4.69, 9.17) is 0 Å². The summed E-state index contributed by atoms with van der Waals surface area (Å²) in [6.45, 7) is 1.40. The molecule has 1 amide bonds. The lowest BCUT2D eigenvalue weighted by molar-refractivity contribution is 0.0790. The molecule has 1 aliphatic heterocycles. The van der Waals surface area contributed by atoms with E-state index in [9.17, 15) is 9.18 Å². The standard InChI is InChI=1S/C16H15FN2O/c17-15-10-13(6-8-18-15)16(20)19-9-7-14(11-19)12-4-2-1-3-5-12/h1-6,8,10,14H,7,9,11H2. The van der Waals surface area contributed by atoms with Crippen molar-refractivity contribution in [2.24, 2.45) is 0 Å². The Hall–Kier alpha value is -2.23. The van der Waals surface area contributed by atoms with Gasteiger partial charge in [0.2, 0.25) is 5.95 Å². The minimum absolute atomic E-state index is 0.121. The Morgan fingerprint density at radius 2 is 2.05 bits per heavy atom. The van der Waals surface area contributed by atoms with Crippen LogP contribution in [0.1, 0.15) is 28.3 Å². The van der Waals surface area contributed by atoms with Gasteiger partial charge in [0.15, 0.2) is 0 Å². The quantitative estimate of drug-likeness (QED) is 0.786. The maximum atomic E-state index is 13.1. The summed E-state index contributed by atoms with van der Waals surface area (Å²) in [7, 11) is 0. The molecule has 2 heterocycles. The lowest BCUT2D eigenvalue weighted by Crippen LogP contribution is -2.28. The van der Waals surface area contributed by atoms with E-state index in [1.54, 1.807) is 11.0 Å². The maximum Gasteiger partial charge on any atom is 0.254 e. The number of hydrogen-bond donors (Lipinski definition) is 0. The van der Waals surface area contributed by atoms with Gasteiger partial charge in [-0.05, 0) is 18.1 Å². The van der Waals surface area contributed by atoms with Crippen LogP contribution in [0.2, 0.25) is 0 Å². The van der Waals surface area contributed by atoms with Crippen molar-refractivity contribution in [3.8, 4) is 0 Å². The highest BCUT2D eigenvalue weighted by molar-refractivity contribution is 5.94. The van der Waals surface area contributed by atoms with Crippen molar-refractivity contribution >= 4 is 5.91 Å². The first-order valence-electron chi connectivity index (χ1n) is 6.70. The molecular weight excluding hydrogens is 255 g/mol. The van der Waals surface area contributed by atoms with Crippen LogP contribution < -0.4 is 0 Å². The van der Waals surface area contributed by atoms with E-state index in [2.05, 4.69) is 17.1 Å². The first-order chi connectivity index (χ1) is 9.74. The van der Waals surface area contributed by atoms with Crippen LogP contribution in [-0.4, -0.2) is 28.9 Å². The van der Waals surface area contributed by atoms with Gasteiger partial charge in [-0.1, -0.05) is 30.3 Å². The number of aromatic nitrogens is 1. The number of carbonyl (C=O) groups excluding carboxylic acids is 1. The molecule has 1 atom stereocenters. The molecule has 102 valence electrons. The molecule has 1 aliphatic rings. The van der Waals surface area contributed by atoms with E-state index in [0.717, 1.165) is 6.42 Å². The number of benzene rings is 1. The Balaban J connectivity index is 1.73. The smallest absolute Gasteiger partial charge is 0.254 e. The van der Waals surface area contributed by atoms with Gasteiger partial charge in [0.1, 0.15) is 0 Å². The molecule has 1 fully saturated rings. The second-order valence-corrected chi connectivity index (χ2v) is 5.01. The summed E-state index contributed by atoms with van der Waals surface area (Å²) in [5, 5.41) is 0. The highest BCUT2D eigenvalue weighted by atomic mass is 19.1. The minimum Gasteiger partial charge on any atom is -0.338 e. The highest BCUT2D eigenvalue weighted by Crippen LogP contribution is 2.27. The van der Waals surface area contributed by atoms with Crippen LogP contribution in [-0.2, 0) is 0 Å². The van der Waals surface area contributed by atoms with Crippen LogP contribution in [0.3, 0.4) is 0 Å². The molecule has 1 unspecified atom stereocenters. The number of carbonyl (C=O) groups is 1. The first kappa shape index (κ1) is 12.8. The normalized spacial score (nSPS) is 18.2. The summed E-state index contributed by atoms with van der Waals surface area (Å²) < 4.78 is 13.1. The average molecular weight is 270 g/mol. The van der Waals surface area contributed by atoms with Crippen molar-refractivity contribution in [1.82, 2.24) is 9.88 Å². The third kappa shape index (κ3) is 2.54. The van der Waals surface area contributed by atoms with Gasteiger partial charge in [-0.2, -0.15) is 4.39 Å². The largest absolute Gasteiger partial charge is 0.338 e. The summed E-state index contributed by atoms with van der Waals surface area (Å²) in [5.41, 5.74) is 1.62. The van der Waals surface area contributed by atoms with Crippen molar-refractivity contribution in [3.63, 3.8) is 0 Å². The molecule has 3 rings (SSSR count). The van der Waals surface area contributed by atoms with Crippen LogP contribution in [0.25, 0.3) is 0 Å². The predicted molar refractivity (Wildman–Crippen MR) is 73.9 cm³/mol. The van der Waals surface area contributed by atoms with Crippen LogP contribution in [0, 0.1) is 5.95 Å². The number of rotatable bonds is 2. The zero-order valence-corrected chi connectivity index (χ0v) is 11.0. The number of nitrogens with zero attached hydrogens (tertiary/aromatic N) is 2. The Morgan fingerprint density at radius 3 is 2.80 bits per heavy atom. The van der Waals surface area contributed by atoms with Gasteiger partial charge in [0, 0.05) is 36.8 Å². The van der Waals surface area contributed by atoms with Crippen molar-refractivity contribution in [2.75, 3.05) is 13.1 Å². The fraction of sp³-hybridized carbons (Fsp3) is 0.250. The van der Waals surface area contributed by atoms with Gasteiger partial charge in [-0.3, -0.25) is 4.79 Å². The van der Waals surface area contributed by atoms with E-state index in [1.807, 2.05) is 18.2 Å². The Morgan fingerprint density at radius 1 is 1.25 bits per heavy atom.